The summed E-state index contributed by atoms with van der Waals surface area (Å²) in [4.78, 5) is 18.8. The maximum absolute atomic E-state index is 13.3. The van der Waals surface area contributed by atoms with Crippen LogP contribution in [0.4, 0.5) is 13.2 Å². The molecule has 0 aliphatic carbocycles. The van der Waals surface area contributed by atoms with Gasteiger partial charge in [0.1, 0.15) is 5.82 Å². The van der Waals surface area contributed by atoms with E-state index in [4.69, 9.17) is 11.6 Å². The fraction of sp³-hybridized carbons (Fsp3) is 0.348. The van der Waals surface area contributed by atoms with E-state index in [9.17, 15) is 18.0 Å². The molecule has 1 aromatic heterocycles. The third-order valence-electron chi connectivity index (χ3n) is 5.62. The standard InChI is InChI=1S/C23H22ClF3N3O/c1-2-15-5-7-16(8-6-15)30-20-14-18(24)17(23(25,26)27)13-19(20)28-21(30)9-10-22(31)29-11-3-4-12-29/h5-8,13-14H,1-4,9-12H2. The first-order valence-corrected chi connectivity index (χ1v) is 10.6. The maximum Gasteiger partial charge on any atom is 0.417 e. The van der Waals surface area contributed by atoms with E-state index in [1.165, 1.54) is 6.07 Å². The highest BCUT2D eigenvalue weighted by Gasteiger charge is 2.34. The van der Waals surface area contributed by atoms with Crippen molar-refractivity contribution in [2.24, 2.45) is 0 Å². The minimum Gasteiger partial charge on any atom is -0.343 e. The van der Waals surface area contributed by atoms with Gasteiger partial charge in [0.05, 0.1) is 21.6 Å². The molecule has 8 heteroatoms. The Morgan fingerprint density at radius 3 is 2.42 bits per heavy atom. The number of likely N-dealkylation sites (tertiary alicyclic amines) is 1. The molecule has 1 aliphatic heterocycles. The number of aryl methyl sites for hydroxylation is 1. The minimum atomic E-state index is -4.57. The Hall–Kier alpha value is -2.54. The first kappa shape index (κ1) is 21.7. The molecular weight excluding hydrogens is 427 g/mol. The number of imidazole rings is 1. The van der Waals surface area contributed by atoms with Crippen molar-refractivity contribution in [3.05, 3.63) is 65.3 Å². The number of halogens is 4. The van der Waals surface area contributed by atoms with E-state index in [1.54, 1.807) is 4.57 Å². The second kappa shape index (κ2) is 8.54. The number of hydrogen-bond acceptors (Lipinski definition) is 2. The lowest BCUT2D eigenvalue weighted by molar-refractivity contribution is -0.137. The average molecular weight is 449 g/mol. The zero-order valence-corrected chi connectivity index (χ0v) is 17.6. The molecule has 163 valence electrons. The van der Waals surface area contributed by atoms with Crippen LogP contribution < -0.4 is 0 Å². The highest BCUT2D eigenvalue weighted by molar-refractivity contribution is 6.32. The molecule has 1 fully saturated rings. The van der Waals surface area contributed by atoms with E-state index in [0.29, 0.717) is 24.2 Å². The van der Waals surface area contributed by atoms with Crippen LogP contribution in [0.5, 0.6) is 0 Å². The molecule has 1 saturated heterocycles. The van der Waals surface area contributed by atoms with Crippen molar-refractivity contribution >= 4 is 28.5 Å². The third-order valence-corrected chi connectivity index (χ3v) is 5.94. The molecular formula is C23H22ClF3N3O. The molecule has 31 heavy (non-hydrogen) atoms. The molecule has 1 amide bonds. The molecule has 2 heterocycles. The van der Waals surface area contributed by atoms with Crippen LogP contribution in [-0.4, -0.2) is 33.4 Å². The Morgan fingerprint density at radius 1 is 1.13 bits per heavy atom. The van der Waals surface area contributed by atoms with E-state index >= 15 is 0 Å². The van der Waals surface area contributed by atoms with E-state index in [2.05, 4.69) is 11.9 Å². The summed E-state index contributed by atoms with van der Waals surface area (Å²) in [5.41, 5.74) is 1.54. The number of benzene rings is 2. The van der Waals surface area contributed by atoms with Gasteiger partial charge in [-0.2, -0.15) is 13.2 Å². The summed E-state index contributed by atoms with van der Waals surface area (Å²) in [6, 6.07) is 9.86. The van der Waals surface area contributed by atoms with Gasteiger partial charge >= 0.3 is 6.18 Å². The molecule has 0 spiro atoms. The number of rotatable bonds is 5. The molecule has 0 saturated carbocycles. The Bertz CT molecular complexity index is 1100. The molecule has 4 nitrogen and oxygen atoms in total. The van der Waals surface area contributed by atoms with Crippen LogP contribution in [0.15, 0.2) is 36.4 Å². The van der Waals surface area contributed by atoms with Crippen molar-refractivity contribution in [3.8, 4) is 5.69 Å². The van der Waals surface area contributed by atoms with Gasteiger partial charge in [-0.05, 0) is 56.0 Å². The lowest BCUT2D eigenvalue weighted by atomic mass is 10.1. The van der Waals surface area contributed by atoms with Gasteiger partial charge in [0.25, 0.3) is 0 Å². The van der Waals surface area contributed by atoms with Gasteiger partial charge in [-0.3, -0.25) is 9.36 Å². The smallest absolute Gasteiger partial charge is 0.343 e. The second-order valence-electron chi connectivity index (χ2n) is 7.69. The molecule has 0 unspecified atom stereocenters. The monoisotopic (exact) mass is 448 g/mol. The zero-order chi connectivity index (χ0) is 22.2. The van der Waals surface area contributed by atoms with Crippen molar-refractivity contribution in [2.75, 3.05) is 13.1 Å². The Morgan fingerprint density at radius 2 is 1.81 bits per heavy atom. The van der Waals surface area contributed by atoms with E-state index < -0.39 is 11.7 Å². The van der Waals surface area contributed by atoms with Crippen LogP contribution in [0.1, 0.15) is 36.2 Å². The van der Waals surface area contributed by atoms with Gasteiger partial charge in [0, 0.05) is 31.6 Å². The Labute approximate surface area is 183 Å². The van der Waals surface area contributed by atoms with Crippen LogP contribution in [0.3, 0.4) is 0 Å². The summed E-state index contributed by atoms with van der Waals surface area (Å²) in [5, 5.41) is -0.379. The fourth-order valence-corrected chi connectivity index (χ4v) is 4.24. The summed E-state index contributed by atoms with van der Waals surface area (Å²) >= 11 is 5.99. The van der Waals surface area contributed by atoms with Crippen LogP contribution in [-0.2, 0) is 23.8 Å². The predicted octanol–water partition coefficient (Wildman–Crippen LogP) is 5.63. The first-order chi connectivity index (χ1) is 14.8. The van der Waals surface area contributed by atoms with Crippen molar-refractivity contribution < 1.29 is 18.0 Å². The third kappa shape index (κ3) is 4.42. The van der Waals surface area contributed by atoms with Gasteiger partial charge in [-0.25, -0.2) is 4.98 Å². The number of alkyl halides is 3. The highest BCUT2D eigenvalue weighted by atomic mass is 35.5. The molecule has 0 atom stereocenters. The SMILES string of the molecule is [CH2]Cc1ccc(-n2c(CCC(=O)N3CCCC3)nc3cc(C(F)(F)F)c(Cl)cc32)cc1. The highest BCUT2D eigenvalue weighted by Crippen LogP contribution is 2.38. The molecule has 0 bridgehead atoms. The number of fused-ring (bicyclic) bond motifs is 1. The van der Waals surface area contributed by atoms with E-state index in [-0.39, 0.29) is 22.9 Å². The van der Waals surface area contributed by atoms with Gasteiger partial charge in [0.2, 0.25) is 5.91 Å². The summed E-state index contributed by atoms with van der Waals surface area (Å²) in [5.74, 6) is 0.567. The number of carbonyl (C=O) groups excluding carboxylic acids is 1. The second-order valence-corrected chi connectivity index (χ2v) is 8.09. The number of aromatic nitrogens is 2. The van der Waals surface area contributed by atoms with E-state index in [0.717, 1.165) is 43.2 Å². The normalized spacial score (nSPS) is 14.5. The van der Waals surface area contributed by atoms with E-state index in [1.807, 2.05) is 29.2 Å². The topological polar surface area (TPSA) is 38.1 Å². The van der Waals surface area contributed by atoms with Gasteiger partial charge in [-0.15, -0.1) is 0 Å². The predicted molar refractivity (Wildman–Crippen MR) is 114 cm³/mol. The van der Waals surface area contributed by atoms with Crippen molar-refractivity contribution in [3.63, 3.8) is 0 Å². The summed E-state index contributed by atoms with van der Waals surface area (Å²) in [6.07, 6.45) is -1.37. The van der Waals surface area contributed by atoms with Gasteiger partial charge < -0.3 is 4.90 Å². The molecule has 1 aliphatic rings. The number of hydrogen-bond donors (Lipinski definition) is 0. The quantitative estimate of drug-likeness (QED) is 0.507. The van der Waals surface area contributed by atoms with Crippen molar-refractivity contribution in [1.29, 1.82) is 0 Å². The van der Waals surface area contributed by atoms with Crippen molar-refractivity contribution in [1.82, 2.24) is 14.5 Å². The first-order valence-electron chi connectivity index (χ1n) is 10.2. The summed E-state index contributed by atoms with van der Waals surface area (Å²) < 4.78 is 41.8. The molecule has 0 N–H and O–H groups in total. The summed E-state index contributed by atoms with van der Waals surface area (Å²) in [7, 11) is 0. The number of nitrogens with zero attached hydrogens (tertiary/aromatic N) is 3. The number of amides is 1. The Balaban J connectivity index is 1.77. The van der Waals surface area contributed by atoms with Crippen LogP contribution in [0.2, 0.25) is 5.02 Å². The molecule has 4 rings (SSSR count). The Kier molecular flexibility index (Phi) is 5.97. The minimum absolute atomic E-state index is 0.0394. The zero-order valence-electron chi connectivity index (χ0n) is 16.9. The lowest BCUT2D eigenvalue weighted by Gasteiger charge is -2.15. The molecule has 3 aromatic rings. The van der Waals surface area contributed by atoms with Crippen molar-refractivity contribution in [2.45, 2.75) is 38.3 Å². The summed E-state index contributed by atoms with van der Waals surface area (Å²) in [6.45, 7) is 5.37. The van der Waals surface area contributed by atoms with Crippen LogP contribution >= 0.6 is 11.6 Å². The lowest BCUT2D eigenvalue weighted by Crippen LogP contribution is -2.28. The van der Waals surface area contributed by atoms with Gasteiger partial charge in [-0.1, -0.05) is 23.7 Å². The molecule has 2 aromatic carbocycles. The van der Waals surface area contributed by atoms with Crippen LogP contribution in [0, 0.1) is 6.92 Å². The number of carbonyl (C=O) groups is 1. The fourth-order valence-electron chi connectivity index (χ4n) is 3.98. The molecule has 1 radical (unpaired) electrons. The average Bonchev–Trinajstić information content (AvgIpc) is 3.39. The van der Waals surface area contributed by atoms with Crippen LogP contribution in [0.25, 0.3) is 16.7 Å². The van der Waals surface area contributed by atoms with Gasteiger partial charge in [0.15, 0.2) is 0 Å². The largest absolute Gasteiger partial charge is 0.417 e. The maximum atomic E-state index is 13.3.